The second-order valence-electron chi connectivity index (χ2n) is 4.70. The molecule has 3 rings (SSSR count). The van der Waals surface area contributed by atoms with Gasteiger partial charge in [-0.05, 0) is 53.2 Å². The van der Waals surface area contributed by atoms with Crippen molar-refractivity contribution < 1.29 is 0 Å². The standard InChI is InChI=1S/C16H17P/c17-11-12-7-9-14(10-8-12)16-6-2-4-13-3-1-5-15(13)16/h2,4,6-10H,1,3,5,11,17H2. The summed E-state index contributed by atoms with van der Waals surface area (Å²) in [6.07, 6.45) is 4.85. The number of fused-ring (bicyclic) bond motifs is 1. The largest absolute Gasteiger partial charge is 0.133 e. The van der Waals surface area contributed by atoms with Gasteiger partial charge in [-0.3, -0.25) is 0 Å². The third-order valence-corrected chi connectivity index (χ3v) is 4.12. The highest BCUT2D eigenvalue weighted by Gasteiger charge is 2.14. The van der Waals surface area contributed by atoms with Crippen LogP contribution in [-0.2, 0) is 19.0 Å². The van der Waals surface area contributed by atoms with Crippen molar-refractivity contribution in [2.75, 3.05) is 0 Å². The van der Waals surface area contributed by atoms with Gasteiger partial charge in [0.2, 0.25) is 0 Å². The van der Waals surface area contributed by atoms with E-state index in [2.05, 4.69) is 51.7 Å². The minimum absolute atomic E-state index is 1.03. The van der Waals surface area contributed by atoms with Crippen LogP contribution in [0.15, 0.2) is 42.5 Å². The number of rotatable bonds is 2. The van der Waals surface area contributed by atoms with E-state index in [0.717, 1.165) is 6.16 Å². The zero-order chi connectivity index (χ0) is 11.7. The molecular formula is C16H17P. The van der Waals surface area contributed by atoms with Crippen molar-refractivity contribution in [2.45, 2.75) is 25.4 Å². The zero-order valence-electron chi connectivity index (χ0n) is 9.95. The van der Waals surface area contributed by atoms with Gasteiger partial charge in [0, 0.05) is 0 Å². The van der Waals surface area contributed by atoms with Gasteiger partial charge in [0.15, 0.2) is 0 Å². The van der Waals surface area contributed by atoms with E-state index in [-0.39, 0.29) is 0 Å². The van der Waals surface area contributed by atoms with Crippen LogP contribution in [-0.4, -0.2) is 0 Å². The molecule has 0 fully saturated rings. The van der Waals surface area contributed by atoms with Crippen LogP contribution in [0.3, 0.4) is 0 Å². The summed E-state index contributed by atoms with van der Waals surface area (Å²) in [7, 11) is 2.77. The second kappa shape index (κ2) is 4.63. The molecular weight excluding hydrogens is 223 g/mol. The molecule has 2 aromatic carbocycles. The Morgan fingerprint density at radius 2 is 1.76 bits per heavy atom. The van der Waals surface area contributed by atoms with Crippen molar-refractivity contribution in [3.05, 3.63) is 59.2 Å². The monoisotopic (exact) mass is 240 g/mol. The molecule has 1 atom stereocenters. The predicted molar refractivity (Wildman–Crippen MR) is 77.3 cm³/mol. The molecule has 0 nitrogen and oxygen atoms in total. The Hall–Kier alpha value is -1.13. The molecule has 1 heteroatoms. The summed E-state index contributed by atoms with van der Waals surface area (Å²) < 4.78 is 0. The fourth-order valence-corrected chi connectivity index (χ4v) is 2.98. The van der Waals surface area contributed by atoms with Crippen LogP contribution in [0.1, 0.15) is 23.1 Å². The van der Waals surface area contributed by atoms with Crippen molar-refractivity contribution in [2.24, 2.45) is 0 Å². The molecule has 0 spiro atoms. The first-order valence-corrected chi connectivity index (χ1v) is 7.10. The Morgan fingerprint density at radius 3 is 2.53 bits per heavy atom. The Bertz CT molecular complexity index is 526. The van der Waals surface area contributed by atoms with Gasteiger partial charge in [-0.2, -0.15) is 0 Å². The van der Waals surface area contributed by atoms with Gasteiger partial charge in [-0.1, -0.05) is 42.5 Å². The van der Waals surface area contributed by atoms with Gasteiger partial charge in [0.05, 0.1) is 0 Å². The molecule has 0 bridgehead atoms. The molecule has 1 aliphatic carbocycles. The minimum Gasteiger partial charge on any atom is -0.133 e. The van der Waals surface area contributed by atoms with Crippen molar-refractivity contribution >= 4 is 9.24 Å². The summed E-state index contributed by atoms with van der Waals surface area (Å²) in [5, 5.41) is 0. The molecule has 0 radical (unpaired) electrons. The van der Waals surface area contributed by atoms with Crippen LogP contribution < -0.4 is 0 Å². The zero-order valence-corrected chi connectivity index (χ0v) is 11.1. The van der Waals surface area contributed by atoms with Crippen LogP contribution in [0.2, 0.25) is 0 Å². The van der Waals surface area contributed by atoms with Crippen LogP contribution in [0.25, 0.3) is 11.1 Å². The Kier molecular flexibility index (Phi) is 2.99. The van der Waals surface area contributed by atoms with E-state index in [1.54, 1.807) is 11.1 Å². The first-order valence-electron chi connectivity index (χ1n) is 6.28. The molecule has 0 aromatic heterocycles. The highest BCUT2D eigenvalue weighted by atomic mass is 31.0. The lowest BCUT2D eigenvalue weighted by molar-refractivity contribution is 0.912. The van der Waals surface area contributed by atoms with Crippen LogP contribution in [0.4, 0.5) is 0 Å². The van der Waals surface area contributed by atoms with Crippen molar-refractivity contribution in [1.82, 2.24) is 0 Å². The van der Waals surface area contributed by atoms with E-state index in [1.165, 1.54) is 36.0 Å². The van der Waals surface area contributed by atoms with E-state index in [4.69, 9.17) is 0 Å². The summed E-state index contributed by atoms with van der Waals surface area (Å²) in [5.74, 6) is 0. The van der Waals surface area contributed by atoms with Crippen LogP contribution >= 0.6 is 9.24 Å². The number of hydrogen-bond donors (Lipinski definition) is 0. The Morgan fingerprint density at radius 1 is 0.941 bits per heavy atom. The molecule has 0 N–H and O–H groups in total. The van der Waals surface area contributed by atoms with E-state index >= 15 is 0 Å². The lowest BCUT2D eigenvalue weighted by Crippen LogP contribution is -1.88. The van der Waals surface area contributed by atoms with Crippen LogP contribution in [0.5, 0.6) is 0 Å². The first kappa shape index (κ1) is 11.0. The first-order chi connectivity index (χ1) is 8.38. The molecule has 2 aromatic rings. The van der Waals surface area contributed by atoms with E-state index in [9.17, 15) is 0 Å². The normalized spacial score (nSPS) is 13.7. The summed E-state index contributed by atoms with van der Waals surface area (Å²) in [4.78, 5) is 0. The molecule has 1 aliphatic rings. The van der Waals surface area contributed by atoms with Gasteiger partial charge >= 0.3 is 0 Å². The third-order valence-electron chi connectivity index (χ3n) is 3.65. The molecule has 17 heavy (non-hydrogen) atoms. The van der Waals surface area contributed by atoms with Gasteiger partial charge in [0.1, 0.15) is 0 Å². The minimum atomic E-state index is 1.03. The maximum atomic E-state index is 2.77. The van der Waals surface area contributed by atoms with E-state index < -0.39 is 0 Å². The Labute approximate surface area is 105 Å². The SMILES string of the molecule is PCc1ccc(-c2cccc3c2CCC3)cc1. The molecule has 0 saturated carbocycles. The Balaban J connectivity index is 2.06. The molecule has 0 aliphatic heterocycles. The van der Waals surface area contributed by atoms with Crippen molar-refractivity contribution in [3.63, 3.8) is 0 Å². The predicted octanol–water partition coefficient (Wildman–Crippen LogP) is 4.22. The van der Waals surface area contributed by atoms with Crippen molar-refractivity contribution in [1.29, 1.82) is 0 Å². The topological polar surface area (TPSA) is 0 Å². The number of benzene rings is 2. The van der Waals surface area contributed by atoms with E-state index in [0.29, 0.717) is 0 Å². The summed E-state index contributed by atoms with van der Waals surface area (Å²) >= 11 is 0. The second-order valence-corrected chi connectivity index (χ2v) is 5.11. The fourth-order valence-electron chi connectivity index (χ4n) is 2.71. The van der Waals surface area contributed by atoms with Gasteiger partial charge in [0.25, 0.3) is 0 Å². The summed E-state index contributed by atoms with van der Waals surface area (Å²) in [5.41, 5.74) is 7.32. The highest BCUT2D eigenvalue weighted by molar-refractivity contribution is 7.15. The summed E-state index contributed by atoms with van der Waals surface area (Å²) in [6, 6.07) is 15.7. The van der Waals surface area contributed by atoms with Gasteiger partial charge in [-0.25, -0.2) is 0 Å². The maximum Gasteiger partial charge on any atom is -0.0128 e. The van der Waals surface area contributed by atoms with Gasteiger partial charge in [-0.15, -0.1) is 9.24 Å². The molecule has 1 unspecified atom stereocenters. The average molecular weight is 240 g/mol. The van der Waals surface area contributed by atoms with E-state index in [1.807, 2.05) is 0 Å². The quantitative estimate of drug-likeness (QED) is 0.689. The van der Waals surface area contributed by atoms with Crippen molar-refractivity contribution in [3.8, 4) is 11.1 Å². The van der Waals surface area contributed by atoms with Crippen LogP contribution in [0, 0.1) is 0 Å². The summed E-state index contributed by atoms with van der Waals surface area (Å²) in [6.45, 7) is 0. The smallest absolute Gasteiger partial charge is 0.0128 e. The molecule has 86 valence electrons. The molecule has 0 amide bonds. The average Bonchev–Trinajstić information content (AvgIpc) is 2.87. The lowest BCUT2D eigenvalue weighted by Gasteiger charge is -2.09. The highest BCUT2D eigenvalue weighted by Crippen LogP contribution is 2.32. The number of aryl methyl sites for hydroxylation is 1. The number of hydrogen-bond acceptors (Lipinski definition) is 0. The van der Waals surface area contributed by atoms with Gasteiger partial charge < -0.3 is 0 Å². The molecule has 0 heterocycles. The lowest BCUT2D eigenvalue weighted by atomic mass is 9.96. The third kappa shape index (κ3) is 2.03. The molecule has 0 saturated heterocycles. The maximum absolute atomic E-state index is 2.77. The fraction of sp³-hybridized carbons (Fsp3) is 0.250.